The lowest BCUT2D eigenvalue weighted by Gasteiger charge is -2.23. The van der Waals surface area contributed by atoms with Gasteiger partial charge < -0.3 is 15.0 Å². The number of methoxy groups -OCH3 is 1. The molecule has 0 heterocycles. The van der Waals surface area contributed by atoms with E-state index in [1.54, 1.807) is 14.2 Å². The first kappa shape index (κ1) is 21.2. The molecule has 0 amide bonds. The molecule has 0 saturated heterocycles. The molecule has 142 valence electrons. The molecule has 0 unspecified atom stereocenters. The number of aliphatic imine (C=N–C) groups is 1. The van der Waals surface area contributed by atoms with Crippen molar-refractivity contribution in [2.24, 2.45) is 4.99 Å². The van der Waals surface area contributed by atoms with Crippen LogP contribution in [-0.4, -0.2) is 70.7 Å². The van der Waals surface area contributed by atoms with Crippen molar-refractivity contribution in [2.75, 3.05) is 47.1 Å². The molecule has 1 aromatic rings. The molecule has 1 N–H and O–H groups in total. The lowest BCUT2D eigenvalue weighted by molar-refractivity contribution is 0.395. The lowest BCUT2D eigenvalue weighted by atomic mass is 10.2. The number of ether oxygens (including phenoxy) is 1. The third-order valence-corrected chi connectivity index (χ3v) is 5.24. The zero-order valence-electron chi connectivity index (χ0n) is 15.8. The minimum absolute atomic E-state index is 0.487. The van der Waals surface area contributed by atoms with Crippen molar-refractivity contribution in [2.45, 2.75) is 19.9 Å². The fourth-order valence-corrected chi connectivity index (χ4v) is 3.49. The third-order valence-electron chi connectivity index (χ3n) is 3.86. The minimum atomic E-state index is -3.13. The predicted molar refractivity (Wildman–Crippen MR) is 103 cm³/mol. The summed E-state index contributed by atoms with van der Waals surface area (Å²) in [5, 5.41) is 3.27. The smallest absolute Gasteiger partial charge is 0.211 e. The fraction of sp³-hybridized carbons (Fsp3) is 0.588. The van der Waals surface area contributed by atoms with E-state index in [1.165, 1.54) is 10.6 Å². The summed E-state index contributed by atoms with van der Waals surface area (Å²) < 4.78 is 30.0. The molecule has 0 fully saturated rings. The number of rotatable bonds is 9. The van der Waals surface area contributed by atoms with Crippen LogP contribution in [0.15, 0.2) is 29.3 Å². The lowest BCUT2D eigenvalue weighted by Crippen LogP contribution is -2.40. The Labute approximate surface area is 151 Å². The number of benzene rings is 1. The summed E-state index contributed by atoms with van der Waals surface area (Å²) in [5.74, 6) is 1.60. The Balaban J connectivity index is 2.53. The van der Waals surface area contributed by atoms with E-state index in [9.17, 15) is 8.42 Å². The van der Waals surface area contributed by atoms with Gasteiger partial charge in [0.25, 0.3) is 0 Å². The van der Waals surface area contributed by atoms with Crippen LogP contribution in [0, 0.1) is 0 Å². The Hall–Kier alpha value is -1.80. The number of nitrogens with zero attached hydrogens (tertiary/aromatic N) is 3. The molecule has 1 rings (SSSR count). The van der Waals surface area contributed by atoms with Gasteiger partial charge >= 0.3 is 0 Å². The highest BCUT2D eigenvalue weighted by molar-refractivity contribution is 7.88. The number of hydrogen-bond acceptors (Lipinski definition) is 4. The molecule has 0 saturated carbocycles. The molecule has 25 heavy (non-hydrogen) atoms. The predicted octanol–water partition coefficient (Wildman–Crippen LogP) is 1.37. The molecule has 0 aromatic heterocycles. The first-order valence-electron chi connectivity index (χ1n) is 8.32. The Morgan fingerprint density at radius 3 is 2.56 bits per heavy atom. The van der Waals surface area contributed by atoms with Crippen molar-refractivity contribution in [3.05, 3.63) is 29.8 Å². The van der Waals surface area contributed by atoms with Crippen molar-refractivity contribution in [3.8, 4) is 5.75 Å². The molecular weight excluding hydrogens is 340 g/mol. The SMILES string of the molecule is CCN(CCCNC(=NC)N(C)Cc1ccccc1OC)S(C)(=O)=O. The van der Waals surface area contributed by atoms with Crippen molar-refractivity contribution >= 4 is 16.0 Å². The van der Waals surface area contributed by atoms with Crippen LogP contribution in [0.25, 0.3) is 0 Å². The van der Waals surface area contributed by atoms with Gasteiger partial charge in [0.2, 0.25) is 10.0 Å². The summed E-state index contributed by atoms with van der Waals surface area (Å²) in [5.41, 5.74) is 1.07. The number of sulfonamides is 1. The van der Waals surface area contributed by atoms with Crippen LogP contribution < -0.4 is 10.1 Å². The van der Waals surface area contributed by atoms with Gasteiger partial charge in [0, 0.05) is 45.8 Å². The maximum Gasteiger partial charge on any atom is 0.211 e. The molecule has 0 atom stereocenters. The zero-order valence-corrected chi connectivity index (χ0v) is 16.6. The molecule has 8 heteroatoms. The number of para-hydroxylation sites is 1. The van der Waals surface area contributed by atoms with E-state index >= 15 is 0 Å². The molecule has 0 aliphatic carbocycles. The van der Waals surface area contributed by atoms with Gasteiger partial charge in [-0.3, -0.25) is 4.99 Å². The Morgan fingerprint density at radius 2 is 2.00 bits per heavy atom. The Bertz CT molecular complexity index is 662. The Morgan fingerprint density at radius 1 is 1.32 bits per heavy atom. The van der Waals surface area contributed by atoms with Crippen molar-refractivity contribution < 1.29 is 13.2 Å². The van der Waals surface area contributed by atoms with Gasteiger partial charge in [-0.25, -0.2) is 12.7 Å². The van der Waals surface area contributed by atoms with Crippen LogP contribution in [0.3, 0.4) is 0 Å². The minimum Gasteiger partial charge on any atom is -0.496 e. The maximum atomic E-state index is 11.6. The second-order valence-corrected chi connectivity index (χ2v) is 7.73. The van der Waals surface area contributed by atoms with Gasteiger partial charge in [0.15, 0.2) is 5.96 Å². The van der Waals surface area contributed by atoms with Crippen molar-refractivity contribution in [3.63, 3.8) is 0 Å². The summed E-state index contributed by atoms with van der Waals surface area (Å²) in [6.07, 6.45) is 1.95. The number of hydrogen-bond donors (Lipinski definition) is 1. The summed E-state index contributed by atoms with van der Waals surface area (Å²) in [6.45, 7) is 4.13. The summed E-state index contributed by atoms with van der Waals surface area (Å²) in [7, 11) is 2.21. The van der Waals surface area contributed by atoms with Crippen LogP contribution in [0.4, 0.5) is 0 Å². The van der Waals surface area contributed by atoms with Crippen LogP contribution in [-0.2, 0) is 16.6 Å². The fourth-order valence-electron chi connectivity index (χ4n) is 2.56. The van der Waals surface area contributed by atoms with Gasteiger partial charge in [-0.2, -0.15) is 0 Å². The van der Waals surface area contributed by atoms with Gasteiger partial charge in [0.05, 0.1) is 13.4 Å². The van der Waals surface area contributed by atoms with E-state index in [0.29, 0.717) is 32.6 Å². The highest BCUT2D eigenvalue weighted by atomic mass is 32.2. The molecule has 1 aromatic carbocycles. The van der Waals surface area contributed by atoms with Crippen molar-refractivity contribution in [1.29, 1.82) is 0 Å². The van der Waals surface area contributed by atoms with E-state index in [1.807, 2.05) is 43.1 Å². The maximum absolute atomic E-state index is 11.6. The summed E-state index contributed by atoms with van der Waals surface area (Å²) >= 11 is 0. The zero-order chi connectivity index (χ0) is 18.9. The average Bonchev–Trinajstić information content (AvgIpc) is 2.57. The average molecular weight is 371 g/mol. The molecule has 7 nitrogen and oxygen atoms in total. The summed E-state index contributed by atoms with van der Waals surface area (Å²) in [4.78, 5) is 6.29. The first-order valence-corrected chi connectivity index (χ1v) is 10.2. The van der Waals surface area contributed by atoms with E-state index in [4.69, 9.17) is 4.74 Å². The second kappa shape index (κ2) is 10.2. The first-order chi connectivity index (χ1) is 11.8. The van der Waals surface area contributed by atoms with Gasteiger partial charge in [0.1, 0.15) is 5.75 Å². The van der Waals surface area contributed by atoms with E-state index < -0.39 is 10.0 Å². The molecule has 0 aliphatic rings. The summed E-state index contributed by atoms with van der Waals surface area (Å²) in [6, 6.07) is 7.88. The monoisotopic (exact) mass is 370 g/mol. The van der Waals surface area contributed by atoms with Gasteiger partial charge in [-0.15, -0.1) is 0 Å². The third kappa shape index (κ3) is 6.91. The Kier molecular flexibility index (Phi) is 8.71. The largest absolute Gasteiger partial charge is 0.496 e. The van der Waals surface area contributed by atoms with Crippen LogP contribution in [0.1, 0.15) is 18.9 Å². The molecule has 0 aliphatic heterocycles. The van der Waals surface area contributed by atoms with Crippen LogP contribution in [0.5, 0.6) is 5.75 Å². The van der Waals surface area contributed by atoms with E-state index in [2.05, 4.69) is 10.3 Å². The van der Waals surface area contributed by atoms with E-state index in [-0.39, 0.29) is 0 Å². The van der Waals surface area contributed by atoms with Crippen LogP contribution >= 0.6 is 0 Å². The molecule has 0 bridgehead atoms. The highest BCUT2D eigenvalue weighted by Crippen LogP contribution is 2.18. The number of guanidine groups is 1. The van der Waals surface area contributed by atoms with E-state index in [0.717, 1.165) is 17.3 Å². The normalized spacial score (nSPS) is 12.3. The second-order valence-electron chi connectivity index (χ2n) is 5.75. The van der Waals surface area contributed by atoms with Crippen molar-refractivity contribution in [1.82, 2.24) is 14.5 Å². The molecule has 0 spiro atoms. The quantitative estimate of drug-likeness (QED) is 0.404. The topological polar surface area (TPSA) is 74.2 Å². The van der Waals surface area contributed by atoms with Gasteiger partial charge in [-0.05, 0) is 12.5 Å². The highest BCUT2D eigenvalue weighted by Gasteiger charge is 2.14. The van der Waals surface area contributed by atoms with Gasteiger partial charge in [-0.1, -0.05) is 25.1 Å². The van der Waals surface area contributed by atoms with Crippen LogP contribution in [0.2, 0.25) is 0 Å². The molecular formula is C17H30N4O3S. The standard InChI is InChI=1S/C17H30N4O3S/c1-6-21(25(5,22)23)13-9-12-19-17(18-2)20(3)14-15-10-7-8-11-16(15)24-4/h7-8,10-11H,6,9,12-14H2,1-5H3,(H,18,19). The number of nitrogens with one attached hydrogen (secondary N) is 1. The molecule has 0 radical (unpaired) electrons.